The average Bonchev–Trinajstić information content (AvgIpc) is 2.80. The third-order valence-corrected chi connectivity index (χ3v) is 6.08. The van der Waals surface area contributed by atoms with Gasteiger partial charge in [0.05, 0.1) is 26.4 Å². The Hall–Kier alpha value is -3.13. The topological polar surface area (TPSA) is 100 Å². The Morgan fingerprint density at radius 3 is 2.42 bits per heavy atom. The van der Waals surface area contributed by atoms with E-state index in [0.717, 1.165) is 11.3 Å². The molecule has 0 unspecified atom stereocenters. The molecule has 33 heavy (non-hydrogen) atoms. The number of rotatable bonds is 8. The summed E-state index contributed by atoms with van der Waals surface area (Å²) in [7, 11) is 2.84. The Morgan fingerprint density at radius 2 is 1.82 bits per heavy atom. The molecule has 0 saturated heterocycles. The second kappa shape index (κ2) is 10.7. The van der Waals surface area contributed by atoms with Gasteiger partial charge in [-0.05, 0) is 43.9 Å². The van der Waals surface area contributed by atoms with Crippen molar-refractivity contribution in [3.63, 3.8) is 0 Å². The van der Waals surface area contributed by atoms with Gasteiger partial charge in [-0.15, -0.1) is 0 Å². The zero-order chi connectivity index (χ0) is 24.1. The highest BCUT2D eigenvalue weighted by atomic mass is 16.6. The number of benzene rings is 1. The number of nitrogens with one attached hydrogen (secondary N) is 1. The lowest BCUT2D eigenvalue weighted by atomic mass is 9.69. The molecule has 0 spiro atoms. The fourth-order valence-electron chi connectivity index (χ4n) is 4.50. The second-order valence-electron chi connectivity index (χ2n) is 8.14. The van der Waals surface area contributed by atoms with Crippen LogP contribution in [0.1, 0.15) is 38.7 Å². The highest BCUT2D eigenvalue weighted by molar-refractivity contribution is 6.12. The Labute approximate surface area is 193 Å². The number of hydrogen-bond acceptors (Lipinski definition) is 8. The maximum Gasteiger partial charge on any atom is 0.336 e. The van der Waals surface area contributed by atoms with Crippen molar-refractivity contribution >= 4 is 17.7 Å². The van der Waals surface area contributed by atoms with E-state index in [2.05, 4.69) is 5.32 Å². The maximum atomic E-state index is 13.6. The SMILES string of the molecule is CCOCCOC(=O)C1=C(C)NC2=C(C(=O)[C@@H](C(=O)OC)[C@H](C)C2)[C@@H]1c1ccc(OC)cc1. The number of methoxy groups -OCH3 is 2. The lowest BCUT2D eigenvalue weighted by molar-refractivity contribution is -0.151. The number of allylic oxidation sites excluding steroid dienone is 3. The number of carbonyl (C=O) groups is 3. The standard InChI is InChI=1S/C25H31NO7/c1-6-32-11-12-33-25(29)20-15(3)26-18-13-14(2)19(24(28)31-5)23(27)22(18)21(20)16-7-9-17(30-4)10-8-16/h7-10,14,19,21,26H,6,11-13H2,1-5H3/t14-,19+,21-/m1/s1. The summed E-state index contributed by atoms with van der Waals surface area (Å²) in [6.45, 7) is 6.41. The summed E-state index contributed by atoms with van der Waals surface area (Å²) in [4.78, 5) is 39.3. The van der Waals surface area contributed by atoms with E-state index in [1.807, 2.05) is 26.0 Å². The number of ketones is 1. The summed E-state index contributed by atoms with van der Waals surface area (Å²) < 4.78 is 20.9. The number of carbonyl (C=O) groups excluding carboxylic acids is 3. The van der Waals surface area contributed by atoms with E-state index in [4.69, 9.17) is 18.9 Å². The molecule has 178 valence electrons. The highest BCUT2D eigenvalue weighted by Crippen LogP contribution is 2.45. The molecule has 8 nitrogen and oxygen atoms in total. The molecule has 0 saturated carbocycles. The van der Waals surface area contributed by atoms with Crippen molar-refractivity contribution in [3.8, 4) is 5.75 Å². The third kappa shape index (κ3) is 4.95. The molecule has 0 fully saturated rings. The predicted molar refractivity (Wildman–Crippen MR) is 120 cm³/mol. The molecule has 0 aromatic heterocycles. The Kier molecular flexibility index (Phi) is 7.92. The summed E-state index contributed by atoms with van der Waals surface area (Å²) in [6.07, 6.45) is 0.484. The lowest BCUT2D eigenvalue weighted by Crippen LogP contribution is -2.43. The van der Waals surface area contributed by atoms with Gasteiger partial charge in [0.15, 0.2) is 5.78 Å². The molecule has 1 aliphatic carbocycles. The minimum Gasteiger partial charge on any atom is -0.497 e. The van der Waals surface area contributed by atoms with Crippen LogP contribution < -0.4 is 10.1 Å². The van der Waals surface area contributed by atoms with Gasteiger partial charge in [0, 0.05) is 29.5 Å². The summed E-state index contributed by atoms with van der Waals surface area (Å²) in [5.74, 6) is -2.63. The first-order chi connectivity index (χ1) is 15.8. The molecule has 1 aromatic rings. The van der Waals surface area contributed by atoms with Gasteiger partial charge in [-0.25, -0.2) is 4.79 Å². The molecule has 0 radical (unpaired) electrons. The summed E-state index contributed by atoms with van der Waals surface area (Å²) in [6, 6.07) is 7.19. The maximum absolute atomic E-state index is 13.6. The van der Waals surface area contributed by atoms with Crippen LogP contribution in [0.4, 0.5) is 0 Å². The molecule has 0 amide bonds. The Balaban J connectivity index is 2.06. The van der Waals surface area contributed by atoms with Crippen LogP contribution in [0.3, 0.4) is 0 Å². The van der Waals surface area contributed by atoms with E-state index in [1.165, 1.54) is 7.11 Å². The molecule has 2 aliphatic rings. The molecule has 8 heteroatoms. The van der Waals surface area contributed by atoms with Crippen LogP contribution in [0.2, 0.25) is 0 Å². The van der Waals surface area contributed by atoms with Gasteiger partial charge < -0.3 is 24.3 Å². The molecule has 1 N–H and O–H groups in total. The van der Waals surface area contributed by atoms with E-state index in [9.17, 15) is 14.4 Å². The summed E-state index contributed by atoms with van der Waals surface area (Å²) in [5.41, 5.74) is 2.80. The van der Waals surface area contributed by atoms with Crippen LogP contribution in [0.5, 0.6) is 5.75 Å². The normalized spacial score (nSPS) is 22.5. The zero-order valence-corrected chi connectivity index (χ0v) is 19.7. The van der Waals surface area contributed by atoms with E-state index in [1.54, 1.807) is 26.2 Å². The van der Waals surface area contributed by atoms with E-state index in [0.29, 0.717) is 35.6 Å². The molecule has 3 atom stereocenters. The number of ether oxygens (including phenoxy) is 4. The van der Waals surface area contributed by atoms with Crippen LogP contribution in [-0.4, -0.2) is 51.8 Å². The minimum atomic E-state index is -0.926. The van der Waals surface area contributed by atoms with Crippen molar-refractivity contribution in [2.75, 3.05) is 34.0 Å². The van der Waals surface area contributed by atoms with Crippen LogP contribution in [0, 0.1) is 11.8 Å². The van der Waals surface area contributed by atoms with E-state index >= 15 is 0 Å². The molecule has 1 aromatic carbocycles. The number of dihydropyridines is 1. The van der Waals surface area contributed by atoms with E-state index < -0.39 is 23.8 Å². The van der Waals surface area contributed by atoms with E-state index in [-0.39, 0.29) is 24.9 Å². The molecular formula is C25H31NO7. The third-order valence-electron chi connectivity index (χ3n) is 6.08. The monoisotopic (exact) mass is 457 g/mol. The fourth-order valence-corrected chi connectivity index (χ4v) is 4.50. The van der Waals surface area contributed by atoms with Crippen molar-refractivity contribution in [2.45, 2.75) is 33.1 Å². The highest BCUT2D eigenvalue weighted by Gasteiger charge is 2.47. The van der Waals surface area contributed by atoms with Crippen LogP contribution in [-0.2, 0) is 28.6 Å². The summed E-state index contributed by atoms with van der Waals surface area (Å²) in [5, 5.41) is 3.24. The largest absolute Gasteiger partial charge is 0.497 e. The molecule has 0 bridgehead atoms. The van der Waals surface area contributed by atoms with Crippen molar-refractivity contribution < 1.29 is 33.3 Å². The average molecular weight is 458 g/mol. The van der Waals surface area contributed by atoms with Gasteiger partial charge in [-0.3, -0.25) is 9.59 Å². The van der Waals surface area contributed by atoms with Crippen LogP contribution >= 0.6 is 0 Å². The van der Waals surface area contributed by atoms with Gasteiger partial charge in [0.1, 0.15) is 18.3 Å². The first-order valence-corrected chi connectivity index (χ1v) is 11.1. The number of esters is 2. The van der Waals surface area contributed by atoms with Gasteiger partial charge in [0.2, 0.25) is 0 Å². The number of Topliss-reactive ketones (excluding diaryl/α,β-unsaturated/α-hetero) is 1. The van der Waals surface area contributed by atoms with Crippen LogP contribution in [0.25, 0.3) is 0 Å². The fraction of sp³-hybridized carbons (Fsp3) is 0.480. The molecular weight excluding hydrogens is 426 g/mol. The van der Waals surface area contributed by atoms with Crippen molar-refractivity contribution in [1.29, 1.82) is 0 Å². The first kappa shape index (κ1) is 24.5. The first-order valence-electron chi connectivity index (χ1n) is 11.1. The van der Waals surface area contributed by atoms with Crippen molar-refractivity contribution in [1.82, 2.24) is 5.32 Å². The van der Waals surface area contributed by atoms with Gasteiger partial charge >= 0.3 is 11.9 Å². The van der Waals surface area contributed by atoms with Crippen molar-refractivity contribution in [3.05, 3.63) is 52.4 Å². The number of hydrogen-bond donors (Lipinski definition) is 1. The molecule has 3 rings (SSSR count). The van der Waals surface area contributed by atoms with Crippen LogP contribution in [0.15, 0.2) is 46.8 Å². The quantitative estimate of drug-likeness (QED) is 0.361. The predicted octanol–water partition coefficient (Wildman–Crippen LogP) is 2.89. The molecule has 1 heterocycles. The Bertz CT molecular complexity index is 977. The molecule has 1 aliphatic heterocycles. The van der Waals surface area contributed by atoms with Gasteiger partial charge in [-0.2, -0.15) is 0 Å². The van der Waals surface area contributed by atoms with Crippen molar-refractivity contribution in [2.24, 2.45) is 11.8 Å². The van der Waals surface area contributed by atoms with Gasteiger partial charge in [0.25, 0.3) is 0 Å². The Morgan fingerprint density at radius 1 is 1.12 bits per heavy atom. The van der Waals surface area contributed by atoms with Gasteiger partial charge in [-0.1, -0.05) is 19.1 Å². The summed E-state index contributed by atoms with van der Waals surface area (Å²) >= 11 is 0. The smallest absolute Gasteiger partial charge is 0.336 e. The zero-order valence-electron chi connectivity index (χ0n) is 19.7. The minimum absolute atomic E-state index is 0.0977. The second-order valence-corrected chi connectivity index (χ2v) is 8.14. The lowest BCUT2D eigenvalue weighted by Gasteiger charge is -2.38.